The smallest absolute Gasteiger partial charge is 0.254 e. The number of anilines is 1. The third-order valence-electron chi connectivity index (χ3n) is 5.20. The molecule has 4 heterocycles. The minimum atomic E-state index is -2.43. The molecule has 3 aromatic rings. The topological polar surface area (TPSA) is 155 Å². The second-order valence-corrected chi connectivity index (χ2v) is 10.6. The van der Waals surface area contributed by atoms with Gasteiger partial charge in [-0.05, 0) is 38.1 Å². The Hall–Kier alpha value is -3.15. The fourth-order valence-electron chi connectivity index (χ4n) is 3.69. The number of nitrogens with two attached hydrogens (primary N) is 1. The van der Waals surface area contributed by atoms with E-state index in [4.69, 9.17) is 5.73 Å². The number of nitrogens with one attached hydrogen (secondary N) is 2. The Kier molecular flexibility index (Phi) is 5.80. The first kappa shape index (κ1) is 22.1. The quantitative estimate of drug-likeness (QED) is 0.364. The van der Waals surface area contributed by atoms with Crippen molar-refractivity contribution in [2.24, 2.45) is 11.7 Å². The normalized spacial score (nSPS) is 16.5. The summed E-state index contributed by atoms with van der Waals surface area (Å²) in [6.45, 7) is 4.33. The summed E-state index contributed by atoms with van der Waals surface area (Å²) in [5, 5.41) is 10.5. The van der Waals surface area contributed by atoms with E-state index in [1.165, 1.54) is 12.4 Å². The van der Waals surface area contributed by atoms with Gasteiger partial charge in [0.1, 0.15) is 0 Å². The average Bonchev–Trinajstić information content (AvgIpc) is 3.13. The first-order chi connectivity index (χ1) is 15.1. The number of nitrogens with zero attached hydrogens (tertiary/aromatic N) is 3. The molecule has 0 aliphatic carbocycles. The summed E-state index contributed by atoms with van der Waals surface area (Å²) in [5.41, 5.74) is 8.69. The first-order valence-electron chi connectivity index (χ1n) is 10.2. The molecular weight excluding hydrogens is 432 g/mol. The summed E-state index contributed by atoms with van der Waals surface area (Å²) in [5.74, 6) is -0.103. The molecule has 1 aliphatic heterocycles. The molecule has 1 aliphatic rings. The van der Waals surface area contributed by atoms with Crippen molar-refractivity contribution in [3.05, 3.63) is 47.8 Å². The molecule has 0 saturated carbocycles. The molecule has 0 radical (unpaired) electrons. The van der Waals surface area contributed by atoms with Gasteiger partial charge in [0, 0.05) is 36.2 Å². The Balaban J connectivity index is 1.60. The monoisotopic (exact) mass is 458 g/mol. The molecular formula is C21H26N6O4S. The lowest BCUT2D eigenvalue weighted by Gasteiger charge is -2.47. The van der Waals surface area contributed by atoms with E-state index >= 15 is 0 Å². The van der Waals surface area contributed by atoms with E-state index in [-0.39, 0.29) is 17.9 Å². The van der Waals surface area contributed by atoms with Gasteiger partial charge in [0.2, 0.25) is 5.91 Å². The molecule has 1 fully saturated rings. The minimum Gasteiger partial charge on any atom is -0.382 e. The van der Waals surface area contributed by atoms with Crippen molar-refractivity contribution in [1.82, 2.24) is 19.9 Å². The highest BCUT2D eigenvalue weighted by atomic mass is 32.3. The van der Waals surface area contributed by atoms with Crippen LogP contribution in [0, 0.1) is 5.92 Å². The summed E-state index contributed by atoms with van der Waals surface area (Å²) in [6, 6.07) is 7.18. The van der Waals surface area contributed by atoms with Gasteiger partial charge in [0.25, 0.3) is 5.91 Å². The number of pyridine rings is 1. The van der Waals surface area contributed by atoms with Crippen molar-refractivity contribution < 1.29 is 18.7 Å². The van der Waals surface area contributed by atoms with Crippen LogP contribution >= 0.6 is 10.6 Å². The van der Waals surface area contributed by atoms with Gasteiger partial charge in [-0.1, -0.05) is 0 Å². The van der Waals surface area contributed by atoms with Crippen LogP contribution in [0.4, 0.5) is 5.69 Å². The molecule has 4 rings (SSSR count). The molecule has 11 heteroatoms. The number of hydrogen-bond donors (Lipinski definition) is 5. The van der Waals surface area contributed by atoms with Gasteiger partial charge in [-0.2, -0.15) is 15.7 Å². The SMILES string of the molecule is CC(C)Nc1cc(-c2ccc3cc(C(N)=O)cnn23)ncc1C(=O)NCC1CS(O)(O)C1. The number of fused-ring (bicyclic) bond motifs is 1. The molecule has 0 spiro atoms. The van der Waals surface area contributed by atoms with Gasteiger partial charge in [-0.15, -0.1) is 0 Å². The van der Waals surface area contributed by atoms with E-state index in [9.17, 15) is 18.7 Å². The maximum Gasteiger partial charge on any atom is 0.254 e. The fourth-order valence-corrected chi connectivity index (χ4v) is 5.34. The Labute approximate surface area is 186 Å². The van der Waals surface area contributed by atoms with Crippen molar-refractivity contribution >= 4 is 33.6 Å². The van der Waals surface area contributed by atoms with Crippen LogP contribution in [0.15, 0.2) is 36.7 Å². The van der Waals surface area contributed by atoms with Crippen LogP contribution < -0.4 is 16.4 Å². The highest BCUT2D eigenvalue weighted by Gasteiger charge is 2.33. The molecule has 2 amide bonds. The van der Waals surface area contributed by atoms with Crippen LogP contribution in [0.2, 0.25) is 0 Å². The Morgan fingerprint density at radius 2 is 2.00 bits per heavy atom. The van der Waals surface area contributed by atoms with Gasteiger partial charge < -0.3 is 16.4 Å². The van der Waals surface area contributed by atoms with Gasteiger partial charge in [0.15, 0.2) is 0 Å². The van der Waals surface area contributed by atoms with E-state index in [1.807, 2.05) is 26.0 Å². The lowest BCUT2D eigenvalue weighted by Crippen LogP contribution is -2.41. The van der Waals surface area contributed by atoms with E-state index in [2.05, 4.69) is 20.7 Å². The van der Waals surface area contributed by atoms with Crippen LogP contribution in [0.25, 0.3) is 16.9 Å². The molecule has 3 aromatic heterocycles. The van der Waals surface area contributed by atoms with Crippen LogP contribution in [0.1, 0.15) is 34.6 Å². The lowest BCUT2D eigenvalue weighted by molar-refractivity contribution is 0.0947. The standard InChI is InChI=1S/C21H26N6O4S/c1-12(2)26-17-6-18(19-4-3-15-5-14(20(22)28)8-25-27(15)19)23-9-16(17)21(29)24-7-13-10-32(30,31)11-13/h3-6,8-9,12-13,30-31H,7,10-11H2,1-2H3,(H2,22,28)(H,23,26)(H,24,29). The lowest BCUT2D eigenvalue weighted by atomic mass is 10.1. The largest absolute Gasteiger partial charge is 0.382 e. The molecule has 0 atom stereocenters. The van der Waals surface area contributed by atoms with Crippen LogP contribution in [0.5, 0.6) is 0 Å². The summed E-state index contributed by atoms with van der Waals surface area (Å²) in [6.07, 6.45) is 2.92. The predicted molar refractivity (Wildman–Crippen MR) is 124 cm³/mol. The summed E-state index contributed by atoms with van der Waals surface area (Å²) in [4.78, 5) is 28.7. The highest BCUT2D eigenvalue weighted by Crippen LogP contribution is 2.51. The molecule has 0 unspecified atom stereocenters. The summed E-state index contributed by atoms with van der Waals surface area (Å²) in [7, 11) is -2.43. The van der Waals surface area contributed by atoms with Crippen LogP contribution in [-0.4, -0.2) is 59.6 Å². The Morgan fingerprint density at radius 1 is 1.25 bits per heavy atom. The number of carbonyl (C=O) groups is 2. The van der Waals surface area contributed by atoms with Crippen molar-refractivity contribution in [3.63, 3.8) is 0 Å². The van der Waals surface area contributed by atoms with E-state index in [1.54, 1.807) is 16.6 Å². The maximum absolute atomic E-state index is 12.8. The Morgan fingerprint density at radius 3 is 2.66 bits per heavy atom. The number of amides is 2. The molecule has 10 nitrogen and oxygen atoms in total. The zero-order valence-corrected chi connectivity index (χ0v) is 18.6. The van der Waals surface area contributed by atoms with Crippen LogP contribution in [-0.2, 0) is 0 Å². The van der Waals surface area contributed by atoms with Crippen molar-refractivity contribution in [2.75, 3.05) is 23.4 Å². The minimum absolute atomic E-state index is 0.0705. The number of carbonyl (C=O) groups excluding carboxylic acids is 2. The number of aromatic nitrogens is 3. The number of primary amides is 1. The fraction of sp³-hybridized carbons (Fsp3) is 0.333. The van der Waals surface area contributed by atoms with E-state index in [0.29, 0.717) is 51.8 Å². The first-order valence-corrected chi connectivity index (χ1v) is 12.1. The molecule has 0 aromatic carbocycles. The van der Waals surface area contributed by atoms with Gasteiger partial charge in [-0.3, -0.25) is 23.7 Å². The second kappa shape index (κ2) is 8.41. The maximum atomic E-state index is 12.8. The van der Waals surface area contributed by atoms with E-state index < -0.39 is 16.5 Å². The zero-order valence-electron chi connectivity index (χ0n) is 17.8. The number of hydrogen-bond acceptors (Lipinski definition) is 7. The van der Waals surface area contributed by atoms with Gasteiger partial charge >= 0.3 is 0 Å². The van der Waals surface area contributed by atoms with Gasteiger partial charge in [0.05, 0.1) is 39.9 Å². The summed E-state index contributed by atoms with van der Waals surface area (Å²) < 4.78 is 20.7. The molecule has 170 valence electrons. The van der Waals surface area contributed by atoms with Crippen LogP contribution in [0.3, 0.4) is 0 Å². The van der Waals surface area contributed by atoms with Crippen molar-refractivity contribution in [2.45, 2.75) is 19.9 Å². The third kappa shape index (κ3) is 4.54. The Bertz CT molecular complexity index is 1180. The average molecular weight is 459 g/mol. The molecule has 1 saturated heterocycles. The number of rotatable bonds is 7. The van der Waals surface area contributed by atoms with Gasteiger partial charge in [-0.25, -0.2) is 4.52 Å². The molecule has 0 bridgehead atoms. The highest BCUT2D eigenvalue weighted by molar-refractivity contribution is 8.25. The van der Waals surface area contributed by atoms with E-state index in [0.717, 1.165) is 0 Å². The van der Waals surface area contributed by atoms with Crippen molar-refractivity contribution in [3.8, 4) is 11.4 Å². The third-order valence-corrected chi connectivity index (χ3v) is 7.21. The zero-order chi connectivity index (χ0) is 23.0. The summed E-state index contributed by atoms with van der Waals surface area (Å²) >= 11 is 0. The second-order valence-electron chi connectivity index (χ2n) is 8.29. The van der Waals surface area contributed by atoms with Crippen molar-refractivity contribution in [1.29, 1.82) is 0 Å². The predicted octanol–water partition coefficient (Wildman–Crippen LogP) is 2.43. The molecule has 32 heavy (non-hydrogen) atoms. The molecule has 6 N–H and O–H groups in total.